The molecule has 0 bridgehead atoms. The topological polar surface area (TPSA) is 63.6 Å². The summed E-state index contributed by atoms with van der Waals surface area (Å²) in [6, 6.07) is 1.91. The van der Waals surface area contributed by atoms with Crippen LogP contribution in [0.1, 0.15) is 39.2 Å². The highest BCUT2D eigenvalue weighted by Crippen LogP contribution is 2.40. The van der Waals surface area contributed by atoms with Crippen molar-refractivity contribution in [2.45, 2.75) is 44.0 Å². The third-order valence-electron chi connectivity index (χ3n) is 3.89. The molecule has 114 valence electrons. The highest BCUT2D eigenvalue weighted by Gasteiger charge is 2.47. The quantitative estimate of drug-likeness (QED) is 0.860. The van der Waals surface area contributed by atoms with E-state index in [1.165, 1.54) is 0 Å². The van der Waals surface area contributed by atoms with E-state index in [1.54, 1.807) is 12.4 Å². The minimum Gasteiger partial charge on any atom is -0.478 e. The Morgan fingerprint density at radius 3 is 2.76 bits per heavy atom. The van der Waals surface area contributed by atoms with E-state index in [1.807, 2.05) is 26.8 Å². The number of nitrogens with one attached hydrogen (secondary N) is 1. The Balaban J connectivity index is 2.07. The van der Waals surface area contributed by atoms with Crippen LogP contribution in [-0.4, -0.2) is 38.3 Å². The van der Waals surface area contributed by atoms with Crippen LogP contribution in [0.2, 0.25) is 0 Å². The molecule has 5 nitrogen and oxygen atoms in total. The fraction of sp³-hybridized carbons (Fsp3) is 0.600. The number of hydrogen-bond acceptors (Lipinski definition) is 4. The molecule has 3 rings (SSSR count). The molecule has 3 heterocycles. The minimum absolute atomic E-state index is 0.378. The second-order valence-electron chi connectivity index (χ2n) is 6.52. The summed E-state index contributed by atoms with van der Waals surface area (Å²) in [4.78, 5) is 4.13. The van der Waals surface area contributed by atoms with Crippen molar-refractivity contribution in [3.8, 4) is 5.75 Å². The highest BCUT2D eigenvalue weighted by atomic mass is 32.2. The summed E-state index contributed by atoms with van der Waals surface area (Å²) in [6.45, 7) is 7.56. The molecule has 21 heavy (non-hydrogen) atoms. The number of fused-ring (bicyclic) bond motifs is 1. The molecular formula is C15H21N3O2S. The van der Waals surface area contributed by atoms with Gasteiger partial charge in [0, 0.05) is 24.6 Å². The summed E-state index contributed by atoms with van der Waals surface area (Å²) in [6.07, 6.45) is 5.13. The van der Waals surface area contributed by atoms with Gasteiger partial charge in [0.05, 0.1) is 10.9 Å². The molecule has 6 heteroatoms. The van der Waals surface area contributed by atoms with Gasteiger partial charge in [0.25, 0.3) is 0 Å². The van der Waals surface area contributed by atoms with E-state index in [4.69, 9.17) is 4.74 Å². The van der Waals surface area contributed by atoms with Crippen molar-refractivity contribution >= 4 is 16.7 Å². The lowest BCUT2D eigenvalue weighted by molar-refractivity contribution is 0.116. The van der Waals surface area contributed by atoms with Crippen LogP contribution in [0.3, 0.4) is 0 Å². The van der Waals surface area contributed by atoms with Gasteiger partial charge in [0.1, 0.15) is 22.4 Å². The Morgan fingerprint density at radius 2 is 2.10 bits per heavy atom. The van der Waals surface area contributed by atoms with Crippen molar-refractivity contribution in [1.82, 2.24) is 10.3 Å². The molecule has 2 aliphatic rings. The summed E-state index contributed by atoms with van der Waals surface area (Å²) >= 11 is 0. The van der Waals surface area contributed by atoms with E-state index in [0.717, 1.165) is 43.0 Å². The summed E-state index contributed by atoms with van der Waals surface area (Å²) in [5.74, 6) is 0.754. The number of nitrogens with zero attached hydrogens (tertiary/aromatic N) is 2. The fourth-order valence-corrected chi connectivity index (χ4v) is 3.39. The van der Waals surface area contributed by atoms with Crippen LogP contribution in [0.25, 0.3) is 0 Å². The van der Waals surface area contributed by atoms with Crippen molar-refractivity contribution in [2.24, 2.45) is 4.40 Å². The Labute approximate surface area is 127 Å². The summed E-state index contributed by atoms with van der Waals surface area (Å²) in [5, 5.41) is 3.34. The van der Waals surface area contributed by atoms with Gasteiger partial charge in [0.2, 0.25) is 0 Å². The lowest BCUT2D eigenvalue weighted by Gasteiger charge is -2.33. The predicted molar refractivity (Wildman–Crippen MR) is 84.1 cm³/mol. The zero-order valence-electron chi connectivity index (χ0n) is 12.7. The molecule has 1 N–H and O–H groups in total. The minimum atomic E-state index is -1.29. The van der Waals surface area contributed by atoms with Crippen molar-refractivity contribution in [1.29, 1.82) is 0 Å². The van der Waals surface area contributed by atoms with E-state index in [-0.39, 0.29) is 4.75 Å². The molecule has 2 aliphatic heterocycles. The summed E-state index contributed by atoms with van der Waals surface area (Å²) in [7, 11) is -1.29. The van der Waals surface area contributed by atoms with Gasteiger partial charge in [0.15, 0.2) is 5.60 Å². The average Bonchev–Trinajstić information content (AvgIpc) is 2.72. The first-order chi connectivity index (χ1) is 9.92. The van der Waals surface area contributed by atoms with Crippen LogP contribution < -0.4 is 10.1 Å². The first-order valence-electron chi connectivity index (χ1n) is 7.28. The molecule has 1 aromatic rings. The largest absolute Gasteiger partial charge is 0.478 e. The van der Waals surface area contributed by atoms with Crippen LogP contribution >= 0.6 is 0 Å². The van der Waals surface area contributed by atoms with Crippen LogP contribution in [0.4, 0.5) is 0 Å². The third-order valence-corrected chi connectivity index (χ3v) is 5.28. The van der Waals surface area contributed by atoms with E-state index >= 15 is 0 Å². The van der Waals surface area contributed by atoms with E-state index in [9.17, 15) is 4.21 Å². The standard InChI is InChI=1S/C15H21N3O2S/c1-14(2,3)21(19)18-13-11-4-7-17-10-12(11)20-15(13)5-8-16-9-6-15/h4,7,10,16H,5-6,8-9H2,1-3H3/b18-13+/t21-/m0/s1. The van der Waals surface area contributed by atoms with Crippen LogP contribution in [0, 0.1) is 0 Å². The third kappa shape index (κ3) is 2.62. The molecular weight excluding hydrogens is 286 g/mol. The molecule has 1 fully saturated rings. The van der Waals surface area contributed by atoms with Gasteiger partial charge >= 0.3 is 0 Å². The monoisotopic (exact) mass is 307 g/mol. The normalized spacial score (nSPS) is 23.9. The summed E-state index contributed by atoms with van der Waals surface area (Å²) in [5.41, 5.74) is 1.32. The molecule has 1 aromatic heterocycles. The number of hydrogen-bond donors (Lipinski definition) is 1. The zero-order valence-corrected chi connectivity index (χ0v) is 13.5. The average molecular weight is 307 g/mol. The van der Waals surface area contributed by atoms with Gasteiger partial charge in [-0.25, -0.2) is 4.21 Å². The molecule has 1 spiro atoms. The fourth-order valence-electron chi connectivity index (χ4n) is 2.68. The van der Waals surface area contributed by atoms with E-state index in [2.05, 4.69) is 14.7 Å². The van der Waals surface area contributed by atoms with Gasteiger partial charge in [-0.1, -0.05) is 0 Å². The van der Waals surface area contributed by atoms with Crippen LogP contribution in [-0.2, 0) is 11.0 Å². The Bertz CT molecular complexity index is 601. The number of rotatable bonds is 1. The van der Waals surface area contributed by atoms with E-state index < -0.39 is 16.6 Å². The Morgan fingerprint density at radius 1 is 1.38 bits per heavy atom. The van der Waals surface area contributed by atoms with Crippen LogP contribution in [0.5, 0.6) is 5.75 Å². The maximum atomic E-state index is 12.5. The second-order valence-corrected chi connectivity index (χ2v) is 8.43. The number of ether oxygens (including phenoxy) is 1. The molecule has 1 saturated heterocycles. The van der Waals surface area contributed by atoms with Crippen molar-refractivity contribution in [2.75, 3.05) is 13.1 Å². The first kappa shape index (κ1) is 14.7. The van der Waals surface area contributed by atoms with Gasteiger partial charge in [-0.2, -0.15) is 4.40 Å². The molecule has 1 atom stereocenters. The van der Waals surface area contributed by atoms with Gasteiger partial charge in [-0.05, 0) is 39.9 Å². The van der Waals surface area contributed by atoms with Gasteiger partial charge in [-0.3, -0.25) is 4.98 Å². The zero-order chi connectivity index (χ0) is 15.1. The molecule has 0 saturated carbocycles. The molecule has 0 unspecified atom stereocenters. The first-order valence-corrected chi connectivity index (χ1v) is 8.38. The second kappa shape index (κ2) is 5.18. The predicted octanol–water partition coefficient (Wildman–Crippen LogP) is 1.85. The molecule has 0 aliphatic carbocycles. The lowest BCUT2D eigenvalue weighted by Crippen LogP contribution is -2.49. The van der Waals surface area contributed by atoms with Gasteiger partial charge < -0.3 is 10.1 Å². The smallest absolute Gasteiger partial charge is 0.155 e. The Kier molecular flexibility index (Phi) is 3.61. The lowest BCUT2D eigenvalue weighted by atomic mass is 9.86. The number of pyridine rings is 1. The van der Waals surface area contributed by atoms with E-state index in [0.29, 0.717) is 0 Å². The maximum absolute atomic E-state index is 12.5. The highest BCUT2D eigenvalue weighted by molar-refractivity contribution is 7.85. The molecule has 0 aromatic carbocycles. The SMILES string of the molecule is CC(C)(C)[S@](=O)/N=C1\c2ccncc2OC12CCNCC2. The number of aromatic nitrogens is 1. The van der Waals surface area contributed by atoms with Crippen molar-refractivity contribution < 1.29 is 8.95 Å². The Hall–Kier alpha value is -1.27. The maximum Gasteiger partial charge on any atom is 0.155 e. The van der Waals surface area contributed by atoms with Crippen molar-refractivity contribution in [3.63, 3.8) is 0 Å². The number of piperidine rings is 1. The van der Waals surface area contributed by atoms with Crippen LogP contribution in [0.15, 0.2) is 22.9 Å². The molecule has 0 amide bonds. The molecule has 0 radical (unpaired) electrons. The van der Waals surface area contributed by atoms with Gasteiger partial charge in [-0.15, -0.1) is 0 Å². The van der Waals surface area contributed by atoms with Crippen molar-refractivity contribution in [3.05, 3.63) is 24.0 Å². The summed E-state index contributed by atoms with van der Waals surface area (Å²) < 4.78 is 22.9.